The highest BCUT2D eigenvalue weighted by Crippen LogP contribution is 2.23. The van der Waals surface area contributed by atoms with Crippen molar-refractivity contribution in [3.05, 3.63) is 54.2 Å². The van der Waals surface area contributed by atoms with Gasteiger partial charge >= 0.3 is 0 Å². The predicted molar refractivity (Wildman–Crippen MR) is 92.0 cm³/mol. The minimum atomic E-state index is 0.139. The zero-order valence-electron chi connectivity index (χ0n) is 14.0. The minimum Gasteiger partial charge on any atom is -0.472 e. The first-order chi connectivity index (χ1) is 11.8. The number of carbonyl (C=O) groups excluding carboxylic acids is 1. The van der Waals surface area contributed by atoms with Crippen molar-refractivity contribution in [2.45, 2.75) is 38.8 Å². The average molecular weight is 327 g/mol. The first-order valence-electron chi connectivity index (χ1n) is 8.68. The van der Waals surface area contributed by atoms with Crippen molar-refractivity contribution in [2.24, 2.45) is 5.92 Å². The number of nitrogens with zero attached hydrogens (tertiary/aromatic N) is 2. The van der Waals surface area contributed by atoms with Crippen LogP contribution in [0.25, 0.3) is 0 Å². The maximum atomic E-state index is 12.0. The summed E-state index contributed by atoms with van der Waals surface area (Å²) in [5.74, 6) is 0.800. The van der Waals surface area contributed by atoms with E-state index in [0.717, 1.165) is 31.6 Å². The van der Waals surface area contributed by atoms with Crippen LogP contribution in [0.2, 0.25) is 0 Å². The van der Waals surface area contributed by atoms with Crippen molar-refractivity contribution in [2.75, 3.05) is 13.1 Å². The number of likely N-dealkylation sites (tertiary alicyclic amines) is 1. The Balaban J connectivity index is 1.31. The Kier molecular flexibility index (Phi) is 6.01. The van der Waals surface area contributed by atoms with Gasteiger partial charge in [0.2, 0.25) is 5.91 Å². The number of piperidine rings is 1. The lowest BCUT2D eigenvalue weighted by Gasteiger charge is -2.31. The van der Waals surface area contributed by atoms with Crippen molar-refractivity contribution in [1.29, 1.82) is 0 Å². The van der Waals surface area contributed by atoms with Gasteiger partial charge < -0.3 is 9.73 Å². The molecule has 0 radical (unpaired) electrons. The number of amides is 1. The lowest BCUT2D eigenvalue weighted by Crippen LogP contribution is -2.33. The summed E-state index contributed by atoms with van der Waals surface area (Å²) in [6.07, 6.45) is 11.0. The first-order valence-corrected chi connectivity index (χ1v) is 8.68. The van der Waals surface area contributed by atoms with E-state index in [1.54, 1.807) is 18.7 Å². The van der Waals surface area contributed by atoms with Crippen LogP contribution in [0.4, 0.5) is 0 Å². The summed E-state index contributed by atoms with van der Waals surface area (Å²) >= 11 is 0. The molecule has 24 heavy (non-hydrogen) atoms. The van der Waals surface area contributed by atoms with Crippen LogP contribution >= 0.6 is 0 Å². The number of hydrogen-bond donors (Lipinski definition) is 1. The van der Waals surface area contributed by atoms with Crippen molar-refractivity contribution < 1.29 is 9.21 Å². The first kappa shape index (κ1) is 16.7. The van der Waals surface area contributed by atoms with Crippen LogP contribution in [0.15, 0.2) is 47.5 Å². The smallest absolute Gasteiger partial charge is 0.220 e. The Labute approximate surface area is 143 Å². The zero-order chi connectivity index (χ0) is 16.6. The van der Waals surface area contributed by atoms with Gasteiger partial charge in [0.15, 0.2) is 0 Å². The molecule has 1 N–H and O–H groups in total. The summed E-state index contributed by atoms with van der Waals surface area (Å²) in [5, 5.41) is 2.98. The van der Waals surface area contributed by atoms with E-state index in [0.29, 0.717) is 18.9 Å². The Morgan fingerprint density at radius 2 is 2.17 bits per heavy atom. The molecule has 0 aliphatic carbocycles. The fourth-order valence-electron chi connectivity index (χ4n) is 3.20. The third kappa shape index (κ3) is 5.20. The molecular weight excluding hydrogens is 302 g/mol. The summed E-state index contributed by atoms with van der Waals surface area (Å²) in [5.41, 5.74) is 2.28. The molecule has 0 bridgehead atoms. The summed E-state index contributed by atoms with van der Waals surface area (Å²) in [6.45, 7) is 3.74. The molecule has 5 nitrogen and oxygen atoms in total. The molecule has 1 aliphatic heterocycles. The Bertz CT molecular complexity index is 605. The van der Waals surface area contributed by atoms with Crippen LogP contribution in [0.1, 0.15) is 36.8 Å². The Morgan fingerprint density at radius 3 is 2.88 bits per heavy atom. The van der Waals surface area contributed by atoms with Gasteiger partial charge in [-0.3, -0.25) is 14.7 Å². The molecule has 1 aliphatic rings. The standard InChI is InChI=1S/C19H25N3O2/c23-19(21-13-17-2-1-8-20-12-17)4-3-16-5-9-22(10-6-16)14-18-7-11-24-15-18/h1-2,7-8,11-12,15-16H,3-6,9-10,13-14H2,(H,21,23). The summed E-state index contributed by atoms with van der Waals surface area (Å²) in [4.78, 5) is 18.5. The second kappa shape index (κ2) is 8.64. The zero-order valence-corrected chi connectivity index (χ0v) is 14.0. The number of nitrogens with one attached hydrogen (secondary N) is 1. The number of rotatable bonds is 7. The normalized spacial score (nSPS) is 16.2. The van der Waals surface area contributed by atoms with E-state index in [1.807, 2.05) is 24.5 Å². The molecule has 3 heterocycles. The molecule has 128 valence electrons. The van der Waals surface area contributed by atoms with Gasteiger partial charge in [0, 0.05) is 37.5 Å². The molecule has 0 saturated carbocycles. The molecule has 0 spiro atoms. The summed E-state index contributed by atoms with van der Waals surface area (Å²) in [6, 6.07) is 5.89. The quantitative estimate of drug-likeness (QED) is 0.849. The fraction of sp³-hybridized carbons (Fsp3) is 0.474. The SMILES string of the molecule is O=C(CCC1CCN(Cc2ccoc2)CC1)NCc1cccnc1. The lowest BCUT2D eigenvalue weighted by molar-refractivity contribution is -0.121. The molecule has 5 heteroatoms. The highest BCUT2D eigenvalue weighted by molar-refractivity contribution is 5.75. The van der Waals surface area contributed by atoms with Gasteiger partial charge in [-0.2, -0.15) is 0 Å². The average Bonchev–Trinajstić information content (AvgIpc) is 3.13. The molecule has 2 aromatic heterocycles. The highest BCUT2D eigenvalue weighted by Gasteiger charge is 2.20. The predicted octanol–water partition coefficient (Wildman–Crippen LogP) is 2.98. The van der Waals surface area contributed by atoms with Crippen LogP contribution in [0.3, 0.4) is 0 Å². The van der Waals surface area contributed by atoms with Gasteiger partial charge in [0.25, 0.3) is 0 Å². The van der Waals surface area contributed by atoms with E-state index in [4.69, 9.17) is 4.42 Å². The van der Waals surface area contributed by atoms with Crippen LogP contribution in [0, 0.1) is 5.92 Å². The topological polar surface area (TPSA) is 58.4 Å². The Morgan fingerprint density at radius 1 is 1.29 bits per heavy atom. The van der Waals surface area contributed by atoms with Crippen molar-refractivity contribution in [3.63, 3.8) is 0 Å². The maximum Gasteiger partial charge on any atom is 0.220 e. The molecule has 1 amide bonds. The number of hydrogen-bond acceptors (Lipinski definition) is 4. The van der Waals surface area contributed by atoms with Gasteiger partial charge in [-0.15, -0.1) is 0 Å². The minimum absolute atomic E-state index is 0.139. The van der Waals surface area contributed by atoms with E-state index < -0.39 is 0 Å². The van der Waals surface area contributed by atoms with Crippen LogP contribution in [0.5, 0.6) is 0 Å². The molecule has 0 aromatic carbocycles. The highest BCUT2D eigenvalue weighted by atomic mass is 16.3. The molecule has 3 rings (SSSR count). The van der Waals surface area contributed by atoms with Gasteiger partial charge in [-0.05, 0) is 56.0 Å². The molecule has 2 aromatic rings. The monoisotopic (exact) mass is 327 g/mol. The van der Waals surface area contributed by atoms with Gasteiger partial charge in [0.1, 0.15) is 0 Å². The Hall–Kier alpha value is -2.14. The van der Waals surface area contributed by atoms with Crippen LogP contribution < -0.4 is 5.32 Å². The van der Waals surface area contributed by atoms with Crippen molar-refractivity contribution in [3.8, 4) is 0 Å². The van der Waals surface area contributed by atoms with Gasteiger partial charge in [-0.1, -0.05) is 6.07 Å². The van der Waals surface area contributed by atoms with E-state index in [9.17, 15) is 4.79 Å². The van der Waals surface area contributed by atoms with Gasteiger partial charge in [-0.25, -0.2) is 0 Å². The molecule has 0 atom stereocenters. The van der Waals surface area contributed by atoms with Crippen LogP contribution in [-0.4, -0.2) is 28.9 Å². The van der Waals surface area contributed by atoms with Crippen LogP contribution in [-0.2, 0) is 17.9 Å². The lowest BCUT2D eigenvalue weighted by atomic mass is 9.92. The number of pyridine rings is 1. The molecule has 0 unspecified atom stereocenters. The largest absolute Gasteiger partial charge is 0.472 e. The van der Waals surface area contributed by atoms with E-state index in [1.165, 1.54) is 18.4 Å². The number of carbonyl (C=O) groups is 1. The molecule has 1 fully saturated rings. The second-order valence-corrected chi connectivity index (χ2v) is 6.53. The summed E-state index contributed by atoms with van der Waals surface area (Å²) < 4.78 is 5.12. The molecular formula is C19H25N3O2. The van der Waals surface area contributed by atoms with Crippen molar-refractivity contribution in [1.82, 2.24) is 15.2 Å². The summed E-state index contributed by atoms with van der Waals surface area (Å²) in [7, 11) is 0. The fourth-order valence-corrected chi connectivity index (χ4v) is 3.20. The van der Waals surface area contributed by atoms with E-state index >= 15 is 0 Å². The van der Waals surface area contributed by atoms with E-state index in [-0.39, 0.29) is 5.91 Å². The second-order valence-electron chi connectivity index (χ2n) is 6.53. The molecule has 1 saturated heterocycles. The maximum absolute atomic E-state index is 12.0. The third-order valence-electron chi connectivity index (χ3n) is 4.69. The number of furan rings is 1. The van der Waals surface area contributed by atoms with E-state index in [2.05, 4.69) is 15.2 Å². The van der Waals surface area contributed by atoms with Gasteiger partial charge in [0.05, 0.1) is 12.5 Å². The third-order valence-corrected chi connectivity index (χ3v) is 4.69. The van der Waals surface area contributed by atoms with Crippen molar-refractivity contribution >= 4 is 5.91 Å². The number of aromatic nitrogens is 1.